The summed E-state index contributed by atoms with van der Waals surface area (Å²) in [4.78, 5) is 2.63. The highest BCUT2D eigenvalue weighted by Crippen LogP contribution is 2.31. The molecule has 2 rings (SSSR count). The van der Waals surface area contributed by atoms with Crippen LogP contribution in [0.2, 0.25) is 0 Å². The second kappa shape index (κ2) is 7.95. The topological polar surface area (TPSA) is 29.3 Å². The third kappa shape index (κ3) is 4.31. The van der Waals surface area contributed by atoms with Gasteiger partial charge in [0, 0.05) is 12.1 Å². The van der Waals surface area contributed by atoms with Gasteiger partial charge >= 0.3 is 0 Å². The van der Waals surface area contributed by atoms with Crippen LogP contribution >= 0.6 is 0 Å². The number of piperidine rings is 1. The Morgan fingerprint density at radius 3 is 2.52 bits per heavy atom. The molecule has 1 fully saturated rings. The van der Waals surface area contributed by atoms with Gasteiger partial charge in [0.15, 0.2) is 0 Å². The number of aryl methyl sites for hydroxylation is 1. The number of rotatable bonds is 6. The molecular formula is C19H32N2. The molecule has 0 bridgehead atoms. The van der Waals surface area contributed by atoms with E-state index in [2.05, 4.69) is 49.9 Å². The van der Waals surface area contributed by atoms with Gasteiger partial charge in [0.05, 0.1) is 0 Å². The largest absolute Gasteiger partial charge is 0.326 e. The van der Waals surface area contributed by atoms with E-state index < -0.39 is 0 Å². The molecule has 1 aromatic carbocycles. The molecule has 1 aliphatic rings. The number of hydrogen-bond acceptors (Lipinski definition) is 2. The summed E-state index contributed by atoms with van der Waals surface area (Å²) in [5.41, 5.74) is 9.22. The van der Waals surface area contributed by atoms with Crippen molar-refractivity contribution in [2.75, 3.05) is 13.1 Å². The molecule has 2 nitrogen and oxygen atoms in total. The highest BCUT2D eigenvalue weighted by atomic mass is 15.2. The number of nitrogens with zero attached hydrogens (tertiary/aromatic N) is 1. The molecular weight excluding hydrogens is 256 g/mol. The molecule has 0 radical (unpaired) electrons. The first-order chi connectivity index (χ1) is 10.2. The summed E-state index contributed by atoms with van der Waals surface area (Å²) < 4.78 is 0. The lowest BCUT2D eigenvalue weighted by molar-refractivity contribution is 0.111. The summed E-state index contributed by atoms with van der Waals surface area (Å²) in [5, 5.41) is 0. The zero-order chi connectivity index (χ0) is 15.2. The number of nitrogens with two attached hydrogens (primary N) is 1. The normalized spacial score (nSPS) is 20.4. The molecule has 0 saturated carbocycles. The summed E-state index contributed by atoms with van der Waals surface area (Å²) in [6.07, 6.45) is 6.43. The van der Waals surface area contributed by atoms with Gasteiger partial charge in [-0.1, -0.05) is 56.5 Å². The monoisotopic (exact) mass is 288 g/mol. The fourth-order valence-electron chi connectivity index (χ4n) is 3.73. The van der Waals surface area contributed by atoms with Crippen molar-refractivity contribution in [3.63, 3.8) is 0 Å². The van der Waals surface area contributed by atoms with E-state index in [0.29, 0.717) is 6.04 Å². The molecule has 0 aromatic heterocycles. The Labute approximate surface area is 130 Å². The van der Waals surface area contributed by atoms with E-state index in [9.17, 15) is 0 Å². The zero-order valence-corrected chi connectivity index (χ0v) is 14.0. The predicted octanol–water partition coefficient (Wildman–Crippen LogP) is 4.29. The molecule has 1 saturated heterocycles. The molecule has 0 spiro atoms. The van der Waals surface area contributed by atoms with Crippen LogP contribution < -0.4 is 5.73 Å². The van der Waals surface area contributed by atoms with Crippen molar-refractivity contribution in [1.29, 1.82) is 0 Å². The van der Waals surface area contributed by atoms with Gasteiger partial charge < -0.3 is 5.73 Å². The van der Waals surface area contributed by atoms with Crippen molar-refractivity contribution in [3.05, 3.63) is 35.4 Å². The van der Waals surface area contributed by atoms with Gasteiger partial charge in [-0.05, 0) is 50.8 Å². The maximum Gasteiger partial charge on any atom is 0.0499 e. The molecule has 2 heteroatoms. The molecule has 1 aliphatic heterocycles. The van der Waals surface area contributed by atoms with Gasteiger partial charge in [-0.15, -0.1) is 0 Å². The minimum absolute atomic E-state index is 0.231. The van der Waals surface area contributed by atoms with Crippen molar-refractivity contribution in [2.45, 2.75) is 65.0 Å². The summed E-state index contributed by atoms with van der Waals surface area (Å²) in [6.45, 7) is 9.09. The van der Waals surface area contributed by atoms with Crippen molar-refractivity contribution in [1.82, 2.24) is 4.90 Å². The Hall–Kier alpha value is -0.860. The number of benzene rings is 1. The van der Waals surface area contributed by atoms with E-state index in [1.807, 2.05) is 0 Å². The minimum atomic E-state index is 0.231. The smallest absolute Gasteiger partial charge is 0.0499 e. The van der Waals surface area contributed by atoms with Crippen LogP contribution in [0.3, 0.4) is 0 Å². The van der Waals surface area contributed by atoms with Crippen LogP contribution in [0.4, 0.5) is 0 Å². The first kappa shape index (κ1) is 16.5. The van der Waals surface area contributed by atoms with Crippen molar-refractivity contribution in [3.8, 4) is 0 Å². The minimum Gasteiger partial charge on any atom is -0.326 e. The zero-order valence-electron chi connectivity index (χ0n) is 14.0. The number of hydrogen-bond donors (Lipinski definition) is 1. The van der Waals surface area contributed by atoms with Gasteiger partial charge in [0.2, 0.25) is 0 Å². The predicted molar refractivity (Wildman–Crippen MR) is 91.4 cm³/mol. The molecule has 2 N–H and O–H groups in total. The molecule has 118 valence electrons. The van der Waals surface area contributed by atoms with Crippen LogP contribution in [0.5, 0.6) is 0 Å². The van der Waals surface area contributed by atoms with Crippen LogP contribution in [0.1, 0.15) is 63.1 Å². The van der Waals surface area contributed by atoms with E-state index in [1.165, 1.54) is 49.9 Å². The van der Waals surface area contributed by atoms with E-state index in [4.69, 9.17) is 5.73 Å². The molecule has 1 aromatic rings. The van der Waals surface area contributed by atoms with Crippen molar-refractivity contribution >= 4 is 0 Å². The van der Waals surface area contributed by atoms with Crippen molar-refractivity contribution < 1.29 is 0 Å². The van der Waals surface area contributed by atoms with Crippen LogP contribution in [0.15, 0.2) is 24.3 Å². The summed E-state index contributed by atoms with van der Waals surface area (Å²) in [7, 11) is 0. The number of likely N-dealkylation sites (tertiary alicyclic amines) is 1. The third-order valence-electron chi connectivity index (χ3n) is 5.00. The third-order valence-corrected chi connectivity index (χ3v) is 5.00. The second-order valence-corrected chi connectivity index (χ2v) is 6.70. The molecule has 2 unspecified atom stereocenters. The highest BCUT2D eigenvalue weighted by Gasteiger charge is 2.29. The Bertz CT molecular complexity index is 421. The Kier molecular flexibility index (Phi) is 6.25. The van der Waals surface area contributed by atoms with E-state index in [-0.39, 0.29) is 6.04 Å². The van der Waals surface area contributed by atoms with Crippen LogP contribution in [0, 0.1) is 12.8 Å². The fourth-order valence-corrected chi connectivity index (χ4v) is 3.73. The Morgan fingerprint density at radius 2 is 1.95 bits per heavy atom. The van der Waals surface area contributed by atoms with E-state index >= 15 is 0 Å². The maximum absolute atomic E-state index is 6.48. The van der Waals surface area contributed by atoms with E-state index in [0.717, 1.165) is 12.3 Å². The quantitative estimate of drug-likeness (QED) is 0.846. The first-order valence-corrected chi connectivity index (χ1v) is 8.71. The van der Waals surface area contributed by atoms with Gasteiger partial charge in [-0.2, -0.15) is 0 Å². The summed E-state index contributed by atoms with van der Waals surface area (Å²) in [6, 6.07) is 9.53. The Morgan fingerprint density at radius 1 is 1.24 bits per heavy atom. The lowest BCUT2D eigenvalue weighted by Crippen LogP contribution is -2.44. The summed E-state index contributed by atoms with van der Waals surface area (Å²) in [5.74, 6) is 0.933. The van der Waals surface area contributed by atoms with Crippen molar-refractivity contribution in [2.24, 2.45) is 11.7 Å². The lowest BCUT2D eigenvalue weighted by Gasteiger charge is -2.40. The Balaban J connectivity index is 2.11. The molecule has 2 atom stereocenters. The average molecular weight is 288 g/mol. The molecule has 0 amide bonds. The summed E-state index contributed by atoms with van der Waals surface area (Å²) >= 11 is 0. The van der Waals surface area contributed by atoms with Gasteiger partial charge in [-0.3, -0.25) is 4.90 Å². The molecule has 0 aliphatic carbocycles. The lowest BCUT2D eigenvalue weighted by atomic mass is 9.88. The van der Waals surface area contributed by atoms with Crippen LogP contribution in [0.25, 0.3) is 0 Å². The maximum atomic E-state index is 6.48. The van der Waals surface area contributed by atoms with Gasteiger partial charge in [-0.25, -0.2) is 0 Å². The van der Waals surface area contributed by atoms with E-state index in [1.54, 1.807) is 0 Å². The highest BCUT2D eigenvalue weighted by molar-refractivity contribution is 5.26. The second-order valence-electron chi connectivity index (χ2n) is 6.70. The fraction of sp³-hybridized carbons (Fsp3) is 0.684. The van der Waals surface area contributed by atoms with Gasteiger partial charge in [0.1, 0.15) is 0 Å². The average Bonchev–Trinajstić information content (AvgIpc) is 2.49. The van der Waals surface area contributed by atoms with Crippen LogP contribution in [-0.2, 0) is 0 Å². The standard InChI is InChI=1S/C19H32N2/c1-4-7-16-10-12-21(13-11-16)19(18(20)5-2)17-9-6-8-15(3)14-17/h6,8-9,14,16,18-19H,4-5,7,10-13,20H2,1-3H3. The first-order valence-electron chi connectivity index (χ1n) is 8.71. The molecule has 1 heterocycles. The van der Waals surface area contributed by atoms with Gasteiger partial charge in [0.25, 0.3) is 0 Å². The SMILES string of the molecule is CCCC1CCN(C(c2cccc(C)c2)C(N)CC)CC1. The van der Waals surface area contributed by atoms with Crippen LogP contribution in [-0.4, -0.2) is 24.0 Å². The molecule has 21 heavy (non-hydrogen) atoms.